The highest BCUT2D eigenvalue weighted by atomic mass is 16.6. The van der Waals surface area contributed by atoms with E-state index in [4.69, 9.17) is 4.74 Å². The summed E-state index contributed by atoms with van der Waals surface area (Å²) in [5.41, 5.74) is 3.40. The molecule has 0 spiro atoms. The van der Waals surface area contributed by atoms with E-state index in [1.54, 1.807) is 0 Å². The van der Waals surface area contributed by atoms with Gasteiger partial charge in [0, 0.05) is 23.5 Å². The molecule has 0 aliphatic rings. The van der Waals surface area contributed by atoms with Gasteiger partial charge < -0.3 is 15.0 Å². The summed E-state index contributed by atoms with van der Waals surface area (Å²) in [6.07, 6.45) is 2.17. The van der Waals surface area contributed by atoms with Gasteiger partial charge in [0.25, 0.3) is 0 Å². The maximum atomic E-state index is 12.3. The number of nitrogens with one attached hydrogen (secondary N) is 3. The minimum Gasteiger partial charge on any atom is -0.444 e. The second kappa shape index (κ2) is 6.63. The fraction of sp³-hybridized carbons (Fsp3) is 0.368. The van der Waals surface area contributed by atoms with E-state index < -0.39 is 11.7 Å². The molecule has 1 aromatic carbocycles. The molecule has 1 atom stereocenters. The molecule has 3 N–H and O–H groups in total. The van der Waals surface area contributed by atoms with Crippen LogP contribution in [0, 0.1) is 6.92 Å². The summed E-state index contributed by atoms with van der Waals surface area (Å²) in [6.45, 7) is 7.46. The summed E-state index contributed by atoms with van der Waals surface area (Å²) in [5.74, 6) is 0. The topological polar surface area (TPSA) is 82.8 Å². The number of aryl methyl sites for hydroxylation is 1. The first-order valence-electron chi connectivity index (χ1n) is 8.38. The van der Waals surface area contributed by atoms with E-state index in [9.17, 15) is 4.79 Å². The van der Waals surface area contributed by atoms with E-state index in [-0.39, 0.29) is 6.04 Å². The van der Waals surface area contributed by atoms with Gasteiger partial charge in [-0.05, 0) is 45.4 Å². The van der Waals surface area contributed by atoms with Gasteiger partial charge in [-0.25, -0.2) is 4.79 Å². The Morgan fingerprint density at radius 2 is 2.08 bits per heavy atom. The zero-order valence-electron chi connectivity index (χ0n) is 15.0. The fourth-order valence-electron chi connectivity index (χ4n) is 2.83. The predicted octanol–water partition coefficient (Wildman–Crippen LogP) is 4.01. The Bertz CT molecular complexity index is 873. The van der Waals surface area contributed by atoms with Gasteiger partial charge in [0.2, 0.25) is 0 Å². The Kier molecular flexibility index (Phi) is 4.53. The average molecular weight is 340 g/mol. The third kappa shape index (κ3) is 4.21. The van der Waals surface area contributed by atoms with Crippen molar-refractivity contribution in [2.75, 3.05) is 0 Å². The number of hydrogen-bond donors (Lipinski definition) is 3. The molecule has 0 unspecified atom stereocenters. The minimum atomic E-state index is -0.542. The highest BCUT2D eigenvalue weighted by Crippen LogP contribution is 2.24. The smallest absolute Gasteiger partial charge is 0.408 e. The first-order valence-corrected chi connectivity index (χ1v) is 8.38. The monoisotopic (exact) mass is 340 g/mol. The largest absolute Gasteiger partial charge is 0.444 e. The summed E-state index contributed by atoms with van der Waals surface area (Å²) in [6, 6.07) is 9.81. The van der Waals surface area contributed by atoms with Crippen LogP contribution in [0.3, 0.4) is 0 Å². The van der Waals surface area contributed by atoms with Crippen LogP contribution >= 0.6 is 0 Å². The SMILES string of the molecule is Cc1cc([C@H](Cc2c[nH]c3ccccc23)NC(=O)OC(C)(C)C)[nH]n1. The van der Waals surface area contributed by atoms with Gasteiger partial charge in [0.05, 0.1) is 17.4 Å². The Hall–Kier alpha value is -2.76. The number of para-hydroxylation sites is 1. The third-order valence-electron chi connectivity index (χ3n) is 3.89. The molecule has 0 aliphatic heterocycles. The number of aromatic amines is 2. The van der Waals surface area contributed by atoms with Gasteiger partial charge in [-0.2, -0.15) is 5.10 Å². The molecule has 1 amide bonds. The lowest BCUT2D eigenvalue weighted by atomic mass is 10.0. The summed E-state index contributed by atoms with van der Waals surface area (Å²) in [4.78, 5) is 15.5. The van der Waals surface area contributed by atoms with E-state index in [1.165, 1.54) is 0 Å². The van der Waals surface area contributed by atoms with Crippen molar-refractivity contribution < 1.29 is 9.53 Å². The van der Waals surface area contributed by atoms with Gasteiger partial charge in [0.1, 0.15) is 5.60 Å². The molecule has 6 heteroatoms. The van der Waals surface area contributed by atoms with Gasteiger partial charge in [-0.1, -0.05) is 18.2 Å². The Morgan fingerprint density at radius 3 is 2.76 bits per heavy atom. The summed E-state index contributed by atoms with van der Waals surface area (Å²) in [7, 11) is 0. The number of aromatic nitrogens is 3. The number of nitrogens with zero attached hydrogens (tertiary/aromatic N) is 1. The molecule has 2 aromatic heterocycles. The number of carbonyl (C=O) groups excluding carboxylic acids is 1. The predicted molar refractivity (Wildman–Crippen MR) is 97.4 cm³/mol. The number of ether oxygens (including phenoxy) is 1. The lowest BCUT2D eigenvalue weighted by Gasteiger charge is -2.23. The summed E-state index contributed by atoms with van der Waals surface area (Å²) in [5, 5.41) is 11.3. The molecule has 0 fully saturated rings. The molecule has 0 saturated carbocycles. The van der Waals surface area contributed by atoms with Crippen LogP contribution in [0.1, 0.15) is 43.8 Å². The molecular weight excluding hydrogens is 316 g/mol. The standard InChI is InChI=1S/C19H24N4O2/c1-12-9-17(23-22-12)16(21-18(24)25-19(2,3)4)10-13-11-20-15-8-6-5-7-14(13)15/h5-9,11,16,20H,10H2,1-4H3,(H,21,24)(H,22,23)/t16-/m0/s1. The van der Waals surface area contributed by atoms with Crippen molar-refractivity contribution in [2.24, 2.45) is 0 Å². The van der Waals surface area contributed by atoms with E-state index in [2.05, 4.69) is 26.6 Å². The fourth-order valence-corrected chi connectivity index (χ4v) is 2.83. The lowest BCUT2D eigenvalue weighted by molar-refractivity contribution is 0.0502. The first kappa shape index (κ1) is 17.1. The second-order valence-electron chi connectivity index (χ2n) is 7.23. The highest BCUT2D eigenvalue weighted by molar-refractivity contribution is 5.83. The number of benzene rings is 1. The summed E-state index contributed by atoms with van der Waals surface area (Å²) < 4.78 is 5.41. The van der Waals surface area contributed by atoms with Gasteiger partial charge in [-0.15, -0.1) is 0 Å². The summed E-state index contributed by atoms with van der Waals surface area (Å²) >= 11 is 0. The number of alkyl carbamates (subject to hydrolysis) is 1. The number of hydrogen-bond acceptors (Lipinski definition) is 3. The van der Waals surface area contributed by atoms with Crippen LogP contribution in [0.5, 0.6) is 0 Å². The van der Waals surface area contributed by atoms with Crippen molar-refractivity contribution in [3.05, 3.63) is 53.5 Å². The molecule has 0 radical (unpaired) electrons. The van der Waals surface area contributed by atoms with Crippen molar-refractivity contribution in [3.8, 4) is 0 Å². The molecule has 132 valence electrons. The zero-order chi connectivity index (χ0) is 18.0. The zero-order valence-corrected chi connectivity index (χ0v) is 15.0. The number of H-pyrrole nitrogens is 2. The number of amides is 1. The highest BCUT2D eigenvalue weighted by Gasteiger charge is 2.23. The van der Waals surface area contributed by atoms with Crippen molar-refractivity contribution in [1.29, 1.82) is 0 Å². The molecular formula is C19H24N4O2. The van der Waals surface area contributed by atoms with Crippen LogP contribution < -0.4 is 5.32 Å². The third-order valence-corrected chi connectivity index (χ3v) is 3.89. The van der Waals surface area contributed by atoms with Crippen molar-refractivity contribution in [1.82, 2.24) is 20.5 Å². The molecule has 3 aromatic rings. The van der Waals surface area contributed by atoms with Crippen LogP contribution in [0.15, 0.2) is 36.5 Å². The number of fused-ring (bicyclic) bond motifs is 1. The van der Waals surface area contributed by atoms with E-state index >= 15 is 0 Å². The van der Waals surface area contributed by atoms with E-state index in [1.807, 2.05) is 58.2 Å². The van der Waals surface area contributed by atoms with Gasteiger partial charge in [-0.3, -0.25) is 5.10 Å². The first-order chi connectivity index (χ1) is 11.8. The van der Waals surface area contributed by atoms with Crippen LogP contribution in [-0.4, -0.2) is 26.9 Å². The van der Waals surface area contributed by atoms with Gasteiger partial charge >= 0.3 is 6.09 Å². The lowest BCUT2D eigenvalue weighted by Crippen LogP contribution is -2.36. The minimum absolute atomic E-state index is 0.254. The van der Waals surface area contributed by atoms with Crippen LogP contribution in [0.25, 0.3) is 10.9 Å². The maximum absolute atomic E-state index is 12.3. The van der Waals surface area contributed by atoms with Crippen LogP contribution in [0.2, 0.25) is 0 Å². The Morgan fingerprint density at radius 1 is 1.32 bits per heavy atom. The van der Waals surface area contributed by atoms with Crippen LogP contribution in [0.4, 0.5) is 4.79 Å². The quantitative estimate of drug-likeness (QED) is 0.671. The number of carbonyl (C=O) groups is 1. The Labute approximate surface area is 147 Å². The second-order valence-corrected chi connectivity index (χ2v) is 7.23. The van der Waals surface area contributed by atoms with Crippen LogP contribution in [-0.2, 0) is 11.2 Å². The molecule has 0 saturated heterocycles. The van der Waals surface area contributed by atoms with Gasteiger partial charge in [0.15, 0.2) is 0 Å². The van der Waals surface area contributed by atoms with E-state index in [0.29, 0.717) is 6.42 Å². The molecule has 0 aliphatic carbocycles. The molecule has 2 heterocycles. The Balaban J connectivity index is 1.85. The number of rotatable bonds is 4. The van der Waals surface area contributed by atoms with E-state index in [0.717, 1.165) is 27.9 Å². The molecule has 25 heavy (non-hydrogen) atoms. The molecule has 3 rings (SSSR count). The maximum Gasteiger partial charge on any atom is 0.408 e. The van der Waals surface area contributed by atoms with Crippen molar-refractivity contribution in [3.63, 3.8) is 0 Å². The average Bonchev–Trinajstić information content (AvgIpc) is 3.12. The van der Waals surface area contributed by atoms with Crippen molar-refractivity contribution in [2.45, 2.75) is 45.8 Å². The molecule has 6 nitrogen and oxygen atoms in total. The normalized spacial score (nSPS) is 13.0. The van der Waals surface area contributed by atoms with Crippen molar-refractivity contribution >= 4 is 17.0 Å². The molecule has 0 bridgehead atoms.